The van der Waals surface area contributed by atoms with Crippen LogP contribution in [0.3, 0.4) is 0 Å². The molecule has 3 rings (SSSR count). The number of pyridine rings is 1. The summed E-state index contributed by atoms with van der Waals surface area (Å²) in [7, 11) is 0. The number of hydrogen-bond donors (Lipinski definition) is 1. The third-order valence-electron chi connectivity index (χ3n) is 4.18. The number of aromatic nitrogens is 1. The highest BCUT2D eigenvalue weighted by Gasteiger charge is 2.36. The van der Waals surface area contributed by atoms with E-state index in [1.54, 1.807) is 19.1 Å². The number of hydrogen-bond acceptors (Lipinski definition) is 3. The Morgan fingerprint density at radius 3 is 2.89 bits per heavy atom. The van der Waals surface area contributed by atoms with Crippen LogP contribution < -0.4 is 11.3 Å². The molecular weight excluding hydrogens is 242 g/mol. The molecule has 0 spiro atoms. The third kappa shape index (κ3) is 2.08. The monoisotopic (exact) mass is 261 g/mol. The van der Waals surface area contributed by atoms with E-state index < -0.39 is 6.04 Å². The van der Waals surface area contributed by atoms with Gasteiger partial charge in [0.25, 0.3) is 5.56 Å². The van der Waals surface area contributed by atoms with E-state index in [2.05, 4.69) is 0 Å². The van der Waals surface area contributed by atoms with Crippen molar-refractivity contribution in [3.63, 3.8) is 0 Å². The molecule has 5 heteroatoms. The van der Waals surface area contributed by atoms with Gasteiger partial charge in [0.05, 0.1) is 6.04 Å². The molecule has 0 radical (unpaired) electrons. The SMILES string of the molecule is C[C@H](N)C(=O)N1C[C@@H]2C[C@H](C1)c1cccc(=O)n1C2. The number of amides is 1. The molecule has 1 saturated heterocycles. The second-order valence-corrected chi connectivity index (χ2v) is 5.73. The van der Waals surface area contributed by atoms with E-state index in [-0.39, 0.29) is 17.4 Å². The summed E-state index contributed by atoms with van der Waals surface area (Å²) in [4.78, 5) is 25.8. The van der Waals surface area contributed by atoms with Gasteiger partial charge >= 0.3 is 0 Å². The van der Waals surface area contributed by atoms with Crippen LogP contribution in [0.25, 0.3) is 0 Å². The van der Waals surface area contributed by atoms with Gasteiger partial charge in [-0.25, -0.2) is 0 Å². The lowest BCUT2D eigenvalue weighted by atomic mass is 9.83. The number of fused-ring (bicyclic) bond motifs is 4. The Bertz CT molecular complexity index is 564. The molecule has 0 saturated carbocycles. The zero-order valence-corrected chi connectivity index (χ0v) is 11.1. The van der Waals surface area contributed by atoms with Crippen LogP contribution >= 0.6 is 0 Å². The number of rotatable bonds is 1. The average Bonchev–Trinajstić information content (AvgIpc) is 2.39. The van der Waals surface area contributed by atoms with Gasteiger partial charge in [-0.3, -0.25) is 9.59 Å². The molecule has 19 heavy (non-hydrogen) atoms. The van der Waals surface area contributed by atoms with Gasteiger partial charge in [-0.2, -0.15) is 0 Å². The Morgan fingerprint density at radius 2 is 2.16 bits per heavy atom. The third-order valence-corrected chi connectivity index (χ3v) is 4.18. The zero-order chi connectivity index (χ0) is 13.6. The van der Waals surface area contributed by atoms with Crippen molar-refractivity contribution >= 4 is 5.91 Å². The highest BCUT2D eigenvalue weighted by molar-refractivity contribution is 5.81. The summed E-state index contributed by atoms with van der Waals surface area (Å²) < 4.78 is 1.87. The Morgan fingerprint density at radius 1 is 1.37 bits per heavy atom. The minimum Gasteiger partial charge on any atom is -0.340 e. The van der Waals surface area contributed by atoms with Crippen molar-refractivity contribution in [3.8, 4) is 0 Å². The van der Waals surface area contributed by atoms with E-state index in [4.69, 9.17) is 5.73 Å². The van der Waals surface area contributed by atoms with Crippen molar-refractivity contribution in [2.45, 2.75) is 31.8 Å². The van der Waals surface area contributed by atoms with Crippen molar-refractivity contribution in [3.05, 3.63) is 34.2 Å². The first-order valence-corrected chi connectivity index (χ1v) is 6.80. The Balaban J connectivity index is 1.92. The first kappa shape index (κ1) is 12.4. The smallest absolute Gasteiger partial charge is 0.250 e. The van der Waals surface area contributed by atoms with Crippen LogP contribution in [0.2, 0.25) is 0 Å². The number of likely N-dealkylation sites (tertiary alicyclic amines) is 1. The van der Waals surface area contributed by atoms with E-state index in [9.17, 15) is 9.59 Å². The molecule has 1 amide bonds. The normalized spacial score (nSPS) is 26.7. The topological polar surface area (TPSA) is 68.3 Å². The van der Waals surface area contributed by atoms with Crippen LogP contribution in [0.15, 0.2) is 23.0 Å². The molecule has 3 atom stereocenters. The molecule has 2 N–H and O–H groups in total. The van der Waals surface area contributed by atoms with Gasteiger partial charge in [0.2, 0.25) is 5.91 Å². The summed E-state index contributed by atoms with van der Waals surface area (Å²) in [5.74, 6) is 0.652. The zero-order valence-electron chi connectivity index (χ0n) is 11.1. The highest BCUT2D eigenvalue weighted by atomic mass is 16.2. The molecule has 0 unspecified atom stereocenters. The molecule has 1 aromatic heterocycles. The van der Waals surface area contributed by atoms with Gasteiger partial charge in [0.1, 0.15) is 0 Å². The Hall–Kier alpha value is -1.62. The van der Waals surface area contributed by atoms with Crippen LogP contribution in [0, 0.1) is 5.92 Å². The maximum Gasteiger partial charge on any atom is 0.250 e. The molecule has 2 bridgehead atoms. The van der Waals surface area contributed by atoms with E-state index in [0.29, 0.717) is 19.0 Å². The van der Waals surface area contributed by atoms with Crippen LogP contribution in [0.4, 0.5) is 0 Å². The number of nitrogens with zero attached hydrogens (tertiary/aromatic N) is 2. The summed E-state index contributed by atoms with van der Waals surface area (Å²) >= 11 is 0. The fourth-order valence-corrected chi connectivity index (χ4v) is 3.36. The van der Waals surface area contributed by atoms with E-state index in [1.165, 1.54) is 0 Å². The van der Waals surface area contributed by atoms with Gasteiger partial charge in [0, 0.05) is 37.3 Å². The van der Waals surface area contributed by atoms with Crippen LogP contribution in [-0.2, 0) is 11.3 Å². The van der Waals surface area contributed by atoms with Crippen molar-refractivity contribution in [2.75, 3.05) is 13.1 Å². The molecule has 102 valence electrons. The maximum absolute atomic E-state index is 12.0. The van der Waals surface area contributed by atoms with E-state index in [1.807, 2.05) is 15.5 Å². The predicted octanol–water partition coefficient (Wildman–Crippen LogP) is 0.141. The summed E-state index contributed by atoms with van der Waals surface area (Å²) in [6.45, 7) is 3.84. The molecule has 1 fully saturated rings. The quantitative estimate of drug-likeness (QED) is 0.782. The van der Waals surface area contributed by atoms with Crippen molar-refractivity contribution in [1.82, 2.24) is 9.47 Å². The van der Waals surface area contributed by atoms with Gasteiger partial charge in [-0.05, 0) is 25.3 Å². The fraction of sp³-hybridized carbons (Fsp3) is 0.571. The van der Waals surface area contributed by atoms with Crippen LogP contribution in [0.1, 0.15) is 25.0 Å². The Labute approximate surface area is 112 Å². The summed E-state index contributed by atoms with van der Waals surface area (Å²) in [5, 5.41) is 0. The van der Waals surface area contributed by atoms with E-state index >= 15 is 0 Å². The van der Waals surface area contributed by atoms with Crippen molar-refractivity contribution in [2.24, 2.45) is 11.7 Å². The van der Waals surface area contributed by atoms with Gasteiger partial charge < -0.3 is 15.2 Å². The highest BCUT2D eigenvalue weighted by Crippen LogP contribution is 2.34. The fourth-order valence-electron chi connectivity index (χ4n) is 3.36. The lowest BCUT2D eigenvalue weighted by Crippen LogP contribution is -2.52. The molecule has 3 heterocycles. The number of nitrogens with two attached hydrogens (primary N) is 1. The lowest BCUT2D eigenvalue weighted by Gasteiger charge is -2.43. The van der Waals surface area contributed by atoms with Gasteiger partial charge in [0.15, 0.2) is 0 Å². The van der Waals surface area contributed by atoms with Crippen molar-refractivity contribution < 1.29 is 4.79 Å². The minimum atomic E-state index is -0.447. The molecule has 2 aliphatic rings. The summed E-state index contributed by atoms with van der Waals surface area (Å²) in [5.41, 5.74) is 6.82. The molecular formula is C14H19N3O2. The number of carbonyl (C=O) groups excluding carboxylic acids is 1. The summed E-state index contributed by atoms with van der Waals surface area (Å²) in [6.07, 6.45) is 1.06. The first-order chi connectivity index (χ1) is 9.06. The molecule has 2 aliphatic heterocycles. The van der Waals surface area contributed by atoms with Gasteiger partial charge in [-0.1, -0.05) is 6.07 Å². The first-order valence-electron chi connectivity index (χ1n) is 6.80. The molecule has 5 nitrogen and oxygen atoms in total. The average molecular weight is 261 g/mol. The lowest BCUT2D eigenvalue weighted by molar-refractivity contribution is -0.134. The largest absolute Gasteiger partial charge is 0.340 e. The minimum absolute atomic E-state index is 0.0152. The molecule has 0 aromatic carbocycles. The molecule has 0 aliphatic carbocycles. The Kier molecular flexibility index (Phi) is 2.93. The second kappa shape index (κ2) is 4.49. The van der Waals surface area contributed by atoms with Gasteiger partial charge in [-0.15, -0.1) is 0 Å². The standard InChI is InChI=1S/C14H19N3O2/c1-9(15)14(19)16-6-10-5-11(8-16)12-3-2-4-13(18)17(12)7-10/h2-4,9-11H,5-8,15H2,1H3/t9-,10-,11+/m0/s1. The maximum atomic E-state index is 12.0. The number of piperidine rings is 1. The predicted molar refractivity (Wildman–Crippen MR) is 71.8 cm³/mol. The number of carbonyl (C=O) groups is 1. The summed E-state index contributed by atoms with van der Waals surface area (Å²) in [6, 6.07) is 4.97. The van der Waals surface area contributed by atoms with Crippen LogP contribution in [-0.4, -0.2) is 34.5 Å². The van der Waals surface area contributed by atoms with Crippen molar-refractivity contribution in [1.29, 1.82) is 0 Å². The second-order valence-electron chi connectivity index (χ2n) is 5.73. The molecule has 1 aromatic rings. The van der Waals surface area contributed by atoms with E-state index in [0.717, 1.165) is 18.7 Å². The van der Waals surface area contributed by atoms with Crippen LogP contribution in [0.5, 0.6) is 0 Å².